The summed E-state index contributed by atoms with van der Waals surface area (Å²) in [5, 5.41) is 6.11. The highest BCUT2D eigenvalue weighted by atomic mass is 79.9. The topological polar surface area (TPSA) is 63.8 Å². The molecule has 1 amide bonds. The quantitative estimate of drug-likeness (QED) is 0.529. The van der Waals surface area contributed by atoms with Gasteiger partial charge in [0.2, 0.25) is 0 Å². The van der Waals surface area contributed by atoms with Gasteiger partial charge in [-0.1, -0.05) is 30.3 Å². The van der Waals surface area contributed by atoms with E-state index in [0.717, 1.165) is 15.2 Å². The molecule has 1 heterocycles. The summed E-state index contributed by atoms with van der Waals surface area (Å²) in [5.41, 5.74) is 3.03. The lowest BCUT2D eigenvalue weighted by Gasteiger charge is -2.09. The Hall–Kier alpha value is -2.60. The molecule has 1 aromatic heterocycles. The number of hydrogen-bond donors (Lipinski definition) is 1. The van der Waals surface area contributed by atoms with E-state index in [1.165, 1.54) is 0 Å². The van der Waals surface area contributed by atoms with Crippen molar-refractivity contribution in [3.05, 3.63) is 65.0 Å². The number of hydrogen-bond acceptors (Lipinski definition) is 4. The van der Waals surface area contributed by atoms with E-state index in [-0.39, 0.29) is 12.5 Å². The third-order valence-electron chi connectivity index (χ3n) is 3.41. The maximum atomic E-state index is 11.9. The van der Waals surface area contributed by atoms with Crippen LogP contribution in [0.4, 0.5) is 0 Å². The molecule has 0 bridgehead atoms. The number of nitrogens with zero attached hydrogens (tertiary/aromatic N) is 1. The van der Waals surface area contributed by atoms with Crippen LogP contribution in [0.3, 0.4) is 0 Å². The summed E-state index contributed by atoms with van der Waals surface area (Å²) in [5.74, 6) is 0.866. The number of ether oxygens (including phenoxy) is 1. The summed E-state index contributed by atoms with van der Waals surface area (Å²) in [4.78, 5) is 11.9. The second kappa shape index (κ2) is 7.31. The van der Waals surface area contributed by atoms with Crippen molar-refractivity contribution in [2.75, 3.05) is 6.61 Å². The lowest BCUT2D eigenvalue weighted by Crippen LogP contribution is -2.25. The van der Waals surface area contributed by atoms with Crippen LogP contribution in [-0.2, 0) is 4.79 Å². The number of benzene rings is 2. The van der Waals surface area contributed by atoms with Gasteiger partial charge in [-0.3, -0.25) is 4.79 Å². The van der Waals surface area contributed by atoms with Crippen molar-refractivity contribution in [2.24, 2.45) is 5.10 Å². The summed E-state index contributed by atoms with van der Waals surface area (Å²) >= 11 is 3.52. The van der Waals surface area contributed by atoms with Crippen molar-refractivity contribution >= 4 is 38.3 Å². The molecule has 24 heavy (non-hydrogen) atoms. The van der Waals surface area contributed by atoms with Crippen LogP contribution in [0.5, 0.6) is 5.75 Å². The first-order chi connectivity index (χ1) is 11.6. The molecule has 0 aliphatic heterocycles. The van der Waals surface area contributed by atoms with Gasteiger partial charge < -0.3 is 9.15 Å². The Morgan fingerprint density at radius 2 is 2.04 bits per heavy atom. The monoisotopic (exact) mass is 386 g/mol. The Morgan fingerprint density at radius 3 is 2.83 bits per heavy atom. The van der Waals surface area contributed by atoms with Gasteiger partial charge >= 0.3 is 0 Å². The average molecular weight is 387 g/mol. The first-order valence-electron chi connectivity index (χ1n) is 7.32. The van der Waals surface area contributed by atoms with Crippen LogP contribution in [0.2, 0.25) is 0 Å². The molecule has 1 N–H and O–H groups in total. The number of rotatable bonds is 5. The van der Waals surface area contributed by atoms with Gasteiger partial charge in [0.25, 0.3) is 5.91 Å². The van der Waals surface area contributed by atoms with Crippen LogP contribution in [-0.4, -0.2) is 18.2 Å². The van der Waals surface area contributed by atoms with Crippen molar-refractivity contribution in [2.45, 2.75) is 6.92 Å². The van der Waals surface area contributed by atoms with Crippen molar-refractivity contribution in [1.29, 1.82) is 0 Å². The van der Waals surface area contributed by atoms with E-state index in [1.807, 2.05) is 36.4 Å². The molecule has 0 saturated heterocycles. The van der Waals surface area contributed by atoms with Gasteiger partial charge in [-0.2, -0.15) is 5.10 Å². The number of carbonyl (C=O) groups is 1. The lowest BCUT2D eigenvalue weighted by atomic mass is 10.1. The highest BCUT2D eigenvalue weighted by molar-refractivity contribution is 9.10. The molecule has 0 aliphatic carbocycles. The van der Waals surface area contributed by atoms with E-state index < -0.39 is 0 Å². The fraction of sp³-hybridized carbons (Fsp3) is 0.111. The maximum Gasteiger partial charge on any atom is 0.277 e. The minimum absolute atomic E-state index is 0.133. The van der Waals surface area contributed by atoms with Gasteiger partial charge in [-0.05, 0) is 51.8 Å². The molecule has 5 nitrogen and oxygen atoms in total. The first-order valence-corrected chi connectivity index (χ1v) is 8.11. The molecule has 0 saturated carbocycles. The number of furan rings is 1. The number of carbonyl (C=O) groups excluding carboxylic acids is 1. The number of amides is 1. The highest BCUT2D eigenvalue weighted by Gasteiger charge is 2.08. The van der Waals surface area contributed by atoms with E-state index in [4.69, 9.17) is 9.15 Å². The Kier molecular flexibility index (Phi) is 4.96. The normalized spacial score (nSPS) is 11.5. The summed E-state index contributed by atoms with van der Waals surface area (Å²) in [7, 11) is 0. The largest absolute Gasteiger partial charge is 0.483 e. The van der Waals surface area contributed by atoms with Gasteiger partial charge in [0.15, 0.2) is 6.61 Å². The molecule has 3 aromatic rings. The van der Waals surface area contributed by atoms with Crippen molar-refractivity contribution in [3.8, 4) is 5.75 Å². The molecule has 0 atom stereocenters. The Labute approximate surface area is 147 Å². The van der Waals surface area contributed by atoms with Gasteiger partial charge in [-0.15, -0.1) is 0 Å². The average Bonchev–Trinajstić information content (AvgIpc) is 3.14. The minimum atomic E-state index is -0.346. The lowest BCUT2D eigenvalue weighted by molar-refractivity contribution is -0.123. The molecule has 3 rings (SSSR count). The molecule has 0 radical (unpaired) electrons. The van der Waals surface area contributed by atoms with E-state index in [1.54, 1.807) is 25.3 Å². The van der Waals surface area contributed by atoms with Crippen LogP contribution in [0.1, 0.15) is 12.7 Å². The Bertz CT molecular complexity index is 888. The van der Waals surface area contributed by atoms with Crippen LogP contribution < -0.4 is 10.2 Å². The smallest absolute Gasteiger partial charge is 0.277 e. The third-order valence-corrected chi connectivity index (χ3v) is 4.23. The molecule has 0 spiro atoms. The third kappa shape index (κ3) is 3.65. The molecule has 2 aromatic carbocycles. The van der Waals surface area contributed by atoms with Gasteiger partial charge in [0.05, 0.1) is 10.7 Å². The molecular weight excluding hydrogens is 372 g/mol. The van der Waals surface area contributed by atoms with Gasteiger partial charge in [-0.25, -0.2) is 5.43 Å². The fourth-order valence-electron chi connectivity index (χ4n) is 2.19. The predicted molar refractivity (Wildman–Crippen MR) is 96.2 cm³/mol. The highest BCUT2D eigenvalue weighted by Crippen LogP contribution is 2.32. The van der Waals surface area contributed by atoms with Crippen molar-refractivity contribution in [1.82, 2.24) is 5.43 Å². The molecule has 0 aliphatic rings. The van der Waals surface area contributed by atoms with Crippen LogP contribution >= 0.6 is 15.9 Å². The van der Waals surface area contributed by atoms with E-state index in [2.05, 4.69) is 26.5 Å². The van der Waals surface area contributed by atoms with Crippen molar-refractivity contribution < 1.29 is 13.9 Å². The summed E-state index contributed by atoms with van der Waals surface area (Å²) in [6.07, 6.45) is 1.55. The number of nitrogens with one attached hydrogen (secondary N) is 1. The predicted octanol–water partition coefficient (Wildman–Crippen LogP) is 4.11. The van der Waals surface area contributed by atoms with Gasteiger partial charge in [0, 0.05) is 0 Å². The Balaban J connectivity index is 1.62. The van der Waals surface area contributed by atoms with E-state index in [9.17, 15) is 4.79 Å². The fourth-order valence-corrected chi connectivity index (χ4v) is 2.79. The summed E-state index contributed by atoms with van der Waals surface area (Å²) in [6.45, 7) is 1.62. The second-order valence-electron chi connectivity index (χ2n) is 5.10. The molecule has 6 heteroatoms. The zero-order valence-electron chi connectivity index (χ0n) is 13.0. The SMILES string of the molecule is C/C(=N/NC(=O)COc1ccc2ccccc2c1Br)c1ccco1. The number of fused-ring (bicyclic) bond motifs is 1. The van der Waals surface area contributed by atoms with E-state index in [0.29, 0.717) is 17.2 Å². The summed E-state index contributed by atoms with van der Waals surface area (Å²) < 4.78 is 11.6. The van der Waals surface area contributed by atoms with E-state index >= 15 is 0 Å². The van der Waals surface area contributed by atoms with Gasteiger partial charge in [0.1, 0.15) is 17.2 Å². The first kappa shape index (κ1) is 16.3. The zero-order chi connectivity index (χ0) is 16.9. The minimum Gasteiger partial charge on any atom is -0.483 e. The van der Waals surface area contributed by atoms with Crippen LogP contribution in [0, 0.1) is 0 Å². The number of halogens is 1. The molecular formula is C18H15BrN2O3. The second-order valence-corrected chi connectivity index (χ2v) is 5.89. The molecule has 0 unspecified atom stereocenters. The zero-order valence-corrected chi connectivity index (χ0v) is 14.5. The van der Waals surface area contributed by atoms with Crippen LogP contribution in [0.15, 0.2) is 68.8 Å². The standard InChI is InChI=1S/C18H15BrN2O3/c1-12(15-7-4-10-23-15)20-21-17(22)11-24-16-9-8-13-5-2-3-6-14(13)18(16)19/h2-10H,11H2,1H3,(H,21,22)/b20-12-. The number of hydrazone groups is 1. The maximum absolute atomic E-state index is 11.9. The molecule has 0 fully saturated rings. The summed E-state index contributed by atoms with van der Waals surface area (Å²) in [6, 6.07) is 15.2. The Morgan fingerprint density at radius 1 is 1.21 bits per heavy atom. The van der Waals surface area contributed by atoms with Crippen molar-refractivity contribution in [3.63, 3.8) is 0 Å². The van der Waals surface area contributed by atoms with Crippen LogP contribution in [0.25, 0.3) is 10.8 Å². The molecule has 122 valence electrons.